The van der Waals surface area contributed by atoms with Crippen LogP contribution in [0.25, 0.3) is 10.9 Å². The maximum atomic E-state index is 12.5. The van der Waals surface area contributed by atoms with Crippen LogP contribution < -0.4 is 16.7 Å². The molecule has 0 unspecified atom stereocenters. The van der Waals surface area contributed by atoms with Crippen molar-refractivity contribution < 1.29 is 5.11 Å². The van der Waals surface area contributed by atoms with Crippen LogP contribution in [-0.4, -0.2) is 24.5 Å². The molecule has 4 rings (SSSR count). The quantitative estimate of drug-likeness (QED) is 0.727. The molecular weight excluding hydrogens is 346 g/mol. The molecule has 0 saturated carbocycles. The second kappa shape index (κ2) is 6.15. The van der Waals surface area contributed by atoms with Gasteiger partial charge in [0.05, 0.1) is 11.8 Å². The van der Waals surface area contributed by atoms with Crippen LogP contribution in [0.5, 0.6) is 5.88 Å². The van der Waals surface area contributed by atoms with Crippen molar-refractivity contribution in [3.05, 3.63) is 62.4 Å². The zero-order chi connectivity index (χ0) is 19.3. The predicted octanol–water partition coefficient (Wildman–Crippen LogP) is 1.20. The van der Waals surface area contributed by atoms with Crippen LogP contribution in [0, 0.1) is 0 Å². The molecule has 2 aromatic heterocycles. The second-order valence-electron chi connectivity index (χ2n) is 6.74. The Kier molecular flexibility index (Phi) is 3.91. The molecule has 27 heavy (non-hydrogen) atoms. The predicted molar refractivity (Wildman–Crippen MR) is 103 cm³/mol. The van der Waals surface area contributed by atoms with E-state index in [4.69, 9.17) is 0 Å². The van der Waals surface area contributed by atoms with E-state index in [1.165, 1.54) is 14.1 Å². The first-order chi connectivity index (χ1) is 12.9. The topological polar surface area (TPSA) is 93.5 Å². The van der Waals surface area contributed by atoms with Gasteiger partial charge in [-0.3, -0.25) is 13.9 Å². The molecule has 0 spiro atoms. The first-order valence-electron chi connectivity index (χ1n) is 8.83. The Morgan fingerprint density at radius 2 is 1.96 bits per heavy atom. The number of para-hydroxylation sites is 1. The van der Waals surface area contributed by atoms with E-state index < -0.39 is 11.2 Å². The number of benzene rings is 1. The summed E-state index contributed by atoms with van der Waals surface area (Å²) in [6, 6.07) is 8.04. The Morgan fingerprint density at radius 3 is 2.70 bits per heavy atom. The molecule has 0 amide bonds. The van der Waals surface area contributed by atoms with Gasteiger partial charge in [-0.2, -0.15) is 5.10 Å². The number of aromatic hydroxyl groups is 1. The van der Waals surface area contributed by atoms with Crippen molar-refractivity contribution >= 4 is 16.6 Å². The van der Waals surface area contributed by atoms with Crippen molar-refractivity contribution in [2.75, 3.05) is 0 Å². The van der Waals surface area contributed by atoms with Crippen molar-refractivity contribution in [3.63, 3.8) is 0 Å². The third-order valence-electron chi connectivity index (χ3n) is 5.21. The van der Waals surface area contributed by atoms with Crippen LogP contribution >= 0.6 is 0 Å². The van der Waals surface area contributed by atoms with Crippen LogP contribution in [0.1, 0.15) is 30.5 Å². The average molecular weight is 367 g/mol. The molecule has 2 N–H and O–H groups in total. The maximum Gasteiger partial charge on any atom is 0.333 e. The summed E-state index contributed by atoms with van der Waals surface area (Å²) >= 11 is 0. The maximum absolute atomic E-state index is 12.5. The van der Waals surface area contributed by atoms with Crippen molar-refractivity contribution in [1.82, 2.24) is 19.1 Å². The van der Waals surface area contributed by atoms with E-state index in [1.54, 1.807) is 0 Å². The third-order valence-corrected chi connectivity index (χ3v) is 5.21. The van der Waals surface area contributed by atoms with Crippen LogP contribution in [-0.2, 0) is 20.6 Å². The molecular formula is C19H21N5O3. The van der Waals surface area contributed by atoms with Gasteiger partial charge in [0.25, 0.3) is 5.56 Å². The van der Waals surface area contributed by atoms with Gasteiger partial charge in [0.2, 0.25) is 5.88 Å². The molecule has 3 heterocycles. The third kappa shape index (κ3) is 2.48. The van der Waals surface area contributed by atoms with Gasteiger partial charge in [-0.05, 0) is 13.0 Å². The molecule has 0 aliphatic carbocycles. The minimum Gasteiger partial charge on any atom is -0.494 e. The smallest absolute Gasteiger partial charge is 0.333 e. The van der Waals surface area contributed by atoms with Crippen LogP contribution in [0.3, 0.4) is 0 Å². The van der Waals surface area contributed by atoms with E-state index >= 15 is 0 Å². The number of nitrogens with zero attached hydrogens (tertiary/aromatic N) is 4. The number of rotatable bonds is 3. The minimum atomic E-state index is -0.574. The molecule has 8 heteroatoms. The summed E-state index contributed by atoms with van der Waals surface area (Å²) in [4.78, 5) is 24.5. The highest BCUT2D eigenvalue weighted by molar-refractivity contribution is 6.03. The number of hydrogen-bond donors (Lipinski definition) is 2. The standard InChI is InChI=1S/C19H21N5O3/c1-4-24-10-12(11-7-5-6-8-15(11)24)13-9-14(21-20-13)16-17(25)22(2)19(27)23(3)18(16)26/h5-8,10,13,20,25H,4,9H2,1-3H3/t13-/m1/s1. The first-order valence-corrected chi connectivity index (χ1v) is 8.83. The molecule has 1 aliphatic heterocycles. The van der Waals surface area contributed by atoms with Gasteiger partial charge in [-0.1, -0.05) is 18.2 Å². The van der Waals surface area contributed by atoms with E-state index in [9.17, 15) is 14.7 Å². The molecule has 3 aromatic rings. The largest absolute Gasteiger partial charge is 0.494 e. The fraction of sp³-hybridized carbons (Fsp3) is 0.316. The van der Waals surface area contributed by atoms with Gasteiger partial charge >= 0.3 is 5.69 Å². The Hall–Kier alpha value is -3.29. The van der Waals surface area contributed by atoms with Gasteiger partial charge in [0.15, 0.2) is 0 Å². The van der Waals surface area contributed by atoms with Gasteiger partial charge in [0.1, 0.15) is 5.56 Å². The van der Waals surface area contributed by atoms with Gasteiger partial charge < -0.3 is 15.1 Å². The molecule has 0 saturated heterocycles. The lowest BCUT2D eigenvalue weighted by Crippen LogP contribution is -2.39. The zero-order valence-corrected chi connectivity index (χ0v) is 15.4. The lowest BCUT2D eigenvalue weighted by Gasteiger charge is -2.11. The number of fused-ring (bicyclic) bond motifs is 1. The summed E-state index contributed by atoms with van der Waals surface area (Å²) in [5.74, 6) is -0.361. The second-order valence-corrected chi connectivity index (χ2v) is 6.74. The fourth-order valence-corrected chi connectivity index (χ4v) is 3.68. The van der Waals surface area contributed by atoms with E-state index in [0.717, 1.165) is 32.1 Å². The highest BCUT2D eigenvalue weighted by atomic mass is 16.3. The Balaban J connectivity index is 1.76. The molecule has 0 fully saturated rings. The van der Waals surface area contributed by atoms with Crippen molar-refractivity contribution in [2.24, 2.45) is 19.2 Å². The number of aromatic nitrogens is 3. The zero-order valence-electron chi connectivity index (χ0n) is 15.4. The average Bonchev–Trinajstić information content (AvgIpc) is 3.29. The number of hydrogen-bond acceptors (Lipinski definition) is 5. The Bertz CT molecular complexity index is 1200. The first kappa shape index (κ1) is 17.1. The summed E-state index contributed by atoms with van der Waals surface area (Å²) in [6.45, 7) is 2.94. The number of nitrogens with one attached hydrogen (secondary N) is 1. The number of aryl methyl sites for hydroxylation is 1. The molecule has 1 aromatic carbocycles. The molecule has 0 radical (unpaired) electrons. The summed E-state index contributed by atoms with van der Waals surface area (Å²) in [5.41, 5.74) is 4.71. The molecule has 140 valence electrons. The van der Waals surface area contributed by atoms with Crippen LogP contribution in [0.2, 0.25) is 0 Å². The lowest BCUT2D eigenvalue weighted by molar-refractivity contribution is 0.410. The highest BCUT2D eigenvalue weighted by Crippen LogP contribution is 2.32. The summed E-state index contributed by atoms with van der Waals surface area (Å²) in [6.07, 6.45) is 2.54. The van der Waals surface area contributed by atoms with Crippen LogP contribution in [0.4, 0.5) is 0 Å². The molecule has 0 bridgehead atoms. The van der Waals surface area contributed by atoms with Crippen molar-refractivity contribution in [1.29, 1.82) is 0 Å². The monoisotopic (exact) mass is 367 g/mol. The van der Waals surface area contributed by atoms with Gasteiger partial charge in [-0.25, -0.2) is 4.79 Å². The lowest BCUT2D eigenvalue weighted by atomic mass is 9.99. The molecule has 8 nitrogen and oxygen atoms in total. The summed E-state index contributed by atoms with van der Waals surface area (Å²) < 4.78 is 4.20. The number of hydrazone groups is 1. The summed E-state index contributed by atoms with van der Waals surface area (Å²) in [5, 5.41) is 15.8. The Morgan fingerprint density at radius 1 is 1.22 bits per heavy atom. The summed E-state index contributed by atoms with van der Waals surface area (Å²) in [7, 11) is 2.82. The van der Waals surface area contributed by atoms with E-state index in [0.29, 0.717) is 12.1 Å². The van der Waals surface area contributed by atoms with Crippen molar-refractivity contribution in [3.8, 4) is 5.88 Å². The molecule has 1 atom stereocenters. The van der Waals surface area contributed by atoms with E-state index in [2.05, 4.69) is 40.3 Å². The highest BCUT2D eigenvalue weighted by Gasteiger charge is 2.29. The van der Waals surface area contributed by atoms with Gasteiger partial charge in [0, 0.05) is 49.7 Å². The normalized spacial score (nSPS) is 16.6. The van der Waals surface area contributed by atoms with Gasteiger partial charge in [-0.15, -0.1) is 0 Å². The molecule has 1 aliphatic rings. The fourth-order valence-electron chi connectivity index (χ4n) is 3.68. The van der Waals surface area contributed by atoms with Crippen molar-refractivity contribution in [2.45, 2.75) is 25.9 Å². The Labute approximate surface area is 155 Å². The van der Waals surface area contributed by atoms with Crippen LogP contribution in [0.15, 0.2) is 45.2 Å². The van der Waals surface area contributed by atoms with E-state index in [1.807, 2.05) is 12.1 Å². The van der Waals surface area contributed by atoms with E-state index in [-0.39, 0.29) is 17.5 Å². The minimum absolute atomic E-state index is 0.0637. The SMILES string of the molecule is CCn1cc([C@H]2CC(c3c(O)n(C)c(=O)n(C)c3=O)=NN2)c2ccccc21.